The van der Waals surface area contributed by atoms with Crippen LogP contribution in [0.15, 0.2) is 0 Å². The molecular weight excluding hydrogens is 264 g/mol. The molecule has 2 aliphatic heterocycles. The number of nitrogens with zero attached hydrogens (tertiary/aromatic N) is 1. The number of morpholine rings is 1. The van der Waals surface area contributed by atoms with Crippen molar-refractivity contribution in [2.24, 2.45) is 0 Å². The van der Waals surface area contributed by atoms with Crippen LogP contribution < -0.4 is 5.32 Å². The van der Waals surface area contributed by atoms with Crippen LogP contribution in [-0.2, 0) is 9.53 Å². The molecule has 3 aliphatic rings. The van der Waals surface area contributed by atoms with Crippen molar-refractivity contribution in [3.8, 4) is 0 Å². The highest BCUT2D eigenvalue weighted by molar-refractivity contribution is 5.85. The maximum Gasteiger partial charge on any atom is 0.240 e. The second-order valence-electron chi connectivity index (χ2n) is 5.80. The topological polar surface area (TPSA) is 41.6 Å². The quantitative estimate of drug-likeness (QED) is 0.799. The second kappa shape index (κ2) is 6.91. The molecule has 2 heterocycles. The summed E-state index contributed by atoms with van der Waals surface area (Å²) in [6, 6.07) is 0.420. The molecule has 1 saturated carbocycles. The third-order valence-electron chi connectivity index (χ3n) is 4.62. The van der Waals surface area contributed by atoms with Crippen LogP contribution in [0.3, 0.4) is 0 Å². The predicted octanol–water partition coefficient (Wildman–Crippen LogP) is 1.72. The summed E-state index contributed by atoms with van der Waals surface area (Å²) < 4.78 is 5.84. The molecule has 1 aliphatic carbocycles. The molecule has 5 heteroatoms. The van der Waals surface area contributed by atoms with E-state index in [1.54, 1.807) is 0 Å². The Morgan fingerprint density at radius 3 is 2.68 bits per heavy atom. The highest BCUT2D eigenvalue weighted by Crippen LogP contribution is 2.29. The van der Waals surface area contributed by atoms with E-state index in [9.17, 15) is 4.79 Å². The minimum Gasteiger partial charge on any atom is -0.374 e. The molecule has 2 saturated heterocycles. The SMILES string of the molecule is Cl.O=C([C@H]1CCCCN1)N1CCOC2CCCCC21. The molecule has 110 valence electrons. The molecule has 3 atom stereocenters. The van der Waals surface area contributed by atoms with Gasteiger partial charge in [-0.1, -0.05) is 19.3 Å². The largest absolute Gasteiger partial charge is 0.374 e. The Morgan fingerprint density at radius 1 is 1.11 bits per heavy atom. The van der Waals surface area contributed by atoms with E-state index in [1.807, 2.05) is 0 Å². The van der Waals surface area contributed by atoms with Crippen molar-refractivity contribution in [1.29, 1.82) is 0 Å². The average Bonchev–Trinajstić information content (AvgIpc) is 2.47. The molecule has 1 amide bonds. The monoisotopic (exact) mass is 288 g/mol. The summed E-state index contributed by atoms with van der Waals surface area (Å²) in [4.78, 5) is 14.7. The lowest BCUT2D eigenvalue weighted by molar-refractivity contribution is -0.152. The van der Waals surface area contributed by atoms with E-state index in [1.165, 1.54) is 25.7 Å². The maximum absolute atomic E-state index is 12.6. The number of hydrogen-bond donors (Lipinski definition) is 1. The van der Waals surface area contributed by atoms with Crippen LogP contribution in [0.4, 0.5) is 0 Å². The summed E-state index contributed by atoms with van der Waals surface area (Å²) in [5.41, 5.74) is 0. The highest BCUT2D eigenvalue weighted by Gasteiger charge is 2.38. The molecule has 3 fully saturated rings. The van der Waals surface area contributed by atoms with Gasteiger partial charge in [0.15, 0.2) is 0 Å². The fourth-order valence-electron chi connectivity index (χ4n) is 3.63. The van der Waals surface area contributed by atoms with Gasteiger partial charge in [-0.05, 0) is 32.2 Å². The summed E-state index contributed by atoms with van der Waals surface area (Å²) in [6.07, 6.45) is 8.46. The Morgan fingerprint density at radius 2 is 1.89 bits per heavy atom. The molecule has 0 aromatic rings. The third kappa shape index (κ3) is 3.23. The van der Waals surface area contributed by atoms with Crippen LogP contribution in [0.5, 0.6) is 0 Å². The molecule has 0 spiro atoms. The van der Waals surface area contributed by atoms with Gasteiger partial charge in [0.2, 0.25) is 5.91 Å². The Balaban J connectivity index is 0.00000133. The van der Waals surface area contributed by atoms with Crippen molar-refractivity contribution < 1.29 is 9.53 Å². The number of fused-ring (bicyclic) bond motifs is 1. The van der Waals surface area contributed by atoms with E-state index in [4.69, 9.17) is 4.74 Å². The number of nitrogens with one attached hydrogen (secondary N) is 1. The van der Waals surface area contributed by atoms with Gasteiger partial charge in [-0.25, -0.2) is 0 Å². The molecule has 2 unspecified atom stereocenters. The van der Waals surface area contributed by atoms with Crippen molar-refractivity contribution in [3.63, 3.8) is 0 Å². The fourth-order valence-corrected chi connectivity index (χ4v) is 3.63. The van der Waals surface area contributed by atoms with Gasteiger partial charge in [0.05, 0.1) is 24.8 Å². The third-order valence-corrected chi connectivity index (χ3v) is 4.62. The maximum atomic E-state index is 12.6. The van der Waals surface area contributed by atoms with Gasteiger partial charge in [-0.3, -0.25) is 4.79 Å². The van der Waals surface area contributed by atoms with Gasteiger partial charge in [0, 0.05) is 6.54 Å². The average molecular weight is 289 g/mol. The Hall–Kier alpha value is -0.320. The predicted molar refractivity (Wildman–Crippen MR) is 76.6 cm³/mol. The summed E-state index contributed by atoms with van der Waals surface area (Å²) >= 11 is 0. The standard InChI is InChI=1S/C14H24N2O2.ClH/c17-14(11-5-3-4-8-15-11)16-9-10-18-13-7-2-1-6-12(13)16;/h11-13,15H,1-10H2;1H/t11-,12?,13?;/m1./s1. The van der Waals surface area contributed by atoms with Gasteiger partial charge in [0.25, 0.3) is 0 Å². The fraction of sp³-hybridized carbons (Fsp3) is 0.929. The zero-order valence-corrected chi connectivity index (χ0v) is 12.3. The molecule has 0 radical (unpaired) electrons. The first-order valence-corrected chi connectivity index (χ1v) is 7.52. The summed E-state index contributed by atoms with van der Waals surface area (Å²) in [7, 11) is 0. The number of hydrogen-bond acceptors (Lipinski definition) is 3. The van der Waals surface area contributed by atoms with Gasteiger partial charge >= 0.3 is 0 Å². The molecule has 19 heavy (non-hydrogen) atoms. The zero-order chi connectivity index (χ0) is 12.4. The minimum absolute atomic E-state index is 0. The smallest absolute Gasteiger partial charge is 0.240 e. The van der Waals surface area contributed by atoms with E-state index < -0.39 is 0 Å². The van der Waals surface area contributed by atoms with Crippen molar-refractivity contribution in [1.82, 2.24) is 10.2 Å². The molecule has 0 bridgehead atoms. The lowest BCUT2D eigenvalue weighted by Crippen LogP contribution is -2.59. The molecule has 1 N–H and O–H groups in total. The number of halogens is 1. The molecule has 3 rings (SSSR count). The van der Waals surface area contributed by atoms with Crippen LogP contribution in [0.2, 0.25) is 0 Å². The minimum atomic E-state index is 0. The van der Waals surface area contributed by atoms with Gasteiger partial charge in [-0.2, -0.15) is 0 Å². The first-order chi connectivity index (χ1) is 8.86. The van der Waals surface area contributed by atoms with Crippen LogP contribution in [-0.4, -0.2) is 48.7 Å². The molecule has 0 aromatic carbocycles. The van der Waals surface area contributed by atoms with Crippen LogP contribution in [0.1, 0.15) is 44.9 Å². The lowest BCUT2D eigenvalue weighted by Gasteiger charge is -2.45. The first kappa shape index (κ1) is 15.1. The normalized spacial score (nSPS) is 35.2. The summed E-state index contributed by atoms with van der Waals surface area (Å²) in [5.74, 6) is 0.329. The summed E-state index contributed by atoms with van der Waals surface area (Å²) in [6.45, 7) is 2.51. The number of ether oxygens (including phenoxy) is 1. The second-order valence-corrected chi connectivity index (χ2v) is 5.80. The van der Waals surface area contributed by atoms with Crippen LogP contribution in [0, 0.1) is 0 Å². The molecular formula is C14H25ClN2O2. The Bertz CT molecular complexity index is 306. The van der Waals surface area contributed by atoms with E-state index in [0.717, 1.165) is 39.0 Å². The number of piperidine rings is 1. The molecule has 0 aromatic heterocycles. The van der Waals surface area contributed by atoms with E-state index in [0.29, 0.717) is 18.1 Å². The van der Waals surface area contributed by atoms with Crippen LogP contribution in [0.25, 0.3) is 0 Å². The highest BCUT2D eigenvalue weighted by atomic mass is 35.5. The van der Waals surface area contributed by atoms with Crippen molar-refractivity contribution in [2.45, 2.75) is 63.1 Å². The lowest BCUT2D eigenvalue weighted by atomic mass is 9.89. The molecule has 4 nitrogen and oxygen atoms in total. The van der Waals surface area contributed by atoms with E-state index in [-0.39, 0.29) is 18.4 Å². The van der Waals surface area contributed by atoms with Crippen molar-refractivity contribution >= 4 is 18.3 Å². The van der Waals surface area contributed by atoms with Crippen LogP contribution >= 0.6 is 12.4 Å². The Labute approximate surface area is 121 Å². The van der Waals surface area contributed by atoms with E-state index in [2.05, 4.69) is 10.2 Å². The Kier molecular flexibility index (Phi) is 5.48. The number of carbonyl (C=O) groups excluding carboxylic acids is 1. The van der Waals surface area contributed by atoms with Gasteiger partial charge in [-0.15, -0.1) is 12.4 Å². The number of rotatable bonds is 1. The van der Waals surface area contributed by atoms with Crippen molar-refractivity contribution in [3.05, 3.63) is 0 Å². The first-order valence-electron chi connectivity index (χ1n) is 7.52. The number of carbonyl (C=O) groups is 1. The van der Waals surface area contributed by atoms with Gasteiger partial charge in [0.1, 0.15) is 0 Å². The number of amides is 1. The van der Waals surface area contributed by atoms with Gasteiger partial charge < -0.3 is 15.0 Å². The zero-order valence-electron chi connectivity index (χ0n) is 11.5. The van der Waals surface area contributed by atoms with E-state index >= 15 is 0 Å². The summed E-state index contributed by atoms with van der Waals surface area (Å²) in [5, 5.41) is 3.38. The van der Waals surface area contributed by atoms with Crippen molar-refractivity contribution in [2.75, 3.05) is 19.7 Å².